The van der Waals surface area contributed by atoms with Gasteiger partial charge >= 0.3 is 6.03 Å². The van der Waals surface area contributed by atoms with Gasteiger partial charge in [0, 0.05) is 37.9 Å². The van der Waals surface area contributed by atoms with Crippen molar-refractivity contribution in [1.29, 1.82) is 0 Å². The number of amides is 1. The Hall–Kier alpha value is -2.54. The summed E-state index contributed by atoms with van der Waals surface area (Å²) in [5.41, 5.74) is 1.59. The number of benzene rings is 1. The average Bonchev–Trinajstić information content (AvgIpc) is 3.22. The summed E-state index contributed by atoms with van der Waals surface area (Å²) in [5, 5.41) is 0. The second-order valence-corrected chi connectivity index (χ2v) is 6.79. The van der Waals surface area contributed by atoms with Crippen LogP contribution in [0.25, 0.3) is 11.3 Å². The molecule has 1 fully saturated rings. The van der Waals surface area contributed by atoms with Crippen LogP contribution in [-0.4, -0.2) is 72.3 Å². The normalized spacial score (nSPS) is 15.6. The molecule has 27 heavy (non-hydrogen) atoms. The molecule has 7 heteroatoms. The molecule has 7 nitrogen and oxygen atoms in total. The smallest absolute Gasteiger partial charge is 0.329 e. The molecule has 0 N–H and O–H groups in total. The second-order valence-electron chi connectivity index (χ2n) is 6.79. The first-order valence-electron chi connectivity index (χ1n) is 9.33. The lowest BCUT2D eigenvalue weighted by Crippen LogP contribution is -2.46. The predicted octanol–water partition coefficient (Wildman–Crippen LogP) is 2.95. The zero-order valence-corrected chi connectivity index (χ0v) is 16.5. The molecule has 0 atom stereocenters. The van der Waals surface area contributed by atoms with Crippen molar-refractivity contribution >= 4 is 6.03 Å². The standard InChI is InChI=1S/C20H28N4O3/c1-5-23-10-8-16(9-11-23)22(2)20(25)24-13-17(21-14-24)15-6-7-18(26-3)19(12-15)27-4/h6-7,12-14,16H,5,8-11H2,1-4H3. The van der Waals surface area contributed by atoms with Crippen LogP contribution in [-0.2, 0) is 0 Å². The van der Waals surface area contributed by atoms with E-state index < -0.39 is 0 Å². The first-order chi connectivity index (χ1) is 13.1. The number of imidazole rings is 1. The molecule has 2 aromatic rings. The summed E-state index contributed by atoms with van der Waals surface area (Å²) in [6.45, 7) is 5.33. The molecule has 1 amide bonds. The summed E-state index contributed by atoms with van der Waals surface area (Å²) in [6, 6.07) is 5.82. The van der Waals surface area contributed by atoms with Gasteiger partial charge in [0.2, 0.25) is 0 Å². The Morgan fingerprint density at radius 1 is 1.22 bits per heavy atom. The summed E-state index contributed by atoms with van der Waals surface area (Å²) in [7, 11) is 5.08. The SMILES string of the molecule is CCN1CCC(N(C)C(=O)n2cnc(-c3ccc(OC)c(OC)c3)c2)CC1. The van der Waals surface area contributed by atoms with E-state index in [4.69, 9.17) is 9.47 Å². The number of carbonyl (C=O) groups excluding carboxylic acids is 1. The molecule has 1 aromatic heterocycles. The maximum absolute atomic E-state index is 12.9. The van der Waals surface area contributed by atoms with E-state index in [0.717, 1.165) is 43.7 Å². The highest BCUT2D eigenvalue weighted by Crippen LogP contribution is 2.31. The lowest BCUT2D eigenvalue weighted by atomic mass is 10.0. The van der Waals surface area contributed by atoms with Gasteiger partial charge in [0.1, 0.15) is 6.33 Å². The zero-order chi connectivity index (χ0) is 19.4. The van der Waals surface area contributed by atoms with Gasteiger partial charge in [-0.25, -0.2) is 9.78 Å². The van der Waals surface area contributed by atoms with Crippen molar-refractivity contribution in [1.82, 2.24) is 19.4 Å². The summed E-state index contributed by atoms with van der Waals surface area (Å²) in [6.07, 6.45) is 5.36. The fourth-order valence-electron chi connectivity index (χ4n) is 3.53. The minimum absolute atomic E-state index is 0.0517. The third-order valence-corrected chi connectivity index (χ3v) is 5.34. The lowest BCUT2D eigenvalue weighted by Gasteiger charge is -2.36. The van der Waals surface area contributed by atoms with Gasteiger partial charge in [-0.15, -0.1) is 0 Å². The number of piperidine rings is 1. The van der Waals surface area contributed by atoms with Gasteiger partial charge in [-0.2, -0.15) is 0 Å². The number of hydrogen-bond acceptors (Lipinski definition) is 5. The van der Waals surface area contributed by atoms with Crippen LogP contribution in [0.15, 0.2) is 30.7 Å². The summed E-state index contributed by atoms with van der Waals surface area (Å²) >= 11 is 0. The highest BCUT2D eigenvalue weighted by Gasteiger charge is 2.25. The van der Waals surface area contributed by atoms with Crippen molar-refractivity contribution in [3.8, 4) is 22.8 Å². The molecule has 1 aliphatic rings. The van der Waals surface area contributed by atoms with E-state index in [1.807, 2.05) is 30.1 Å². The number of methoxy groups -OCH3 is 2. The van der Waals surface area contributed by atoms with Crippen molar-refractivity contribution < 1.29 is 14.3 Å². The highest BCUT2D eigenvalue weighted by atomic mass is 16.5. The van der Waals surface area contributed by atoms with Gasteiger partial charge < -0.3 is 19.3 Å². The molecular formula is C20H28N4O3. The Bertz CT molecular complexity index is 781. The minimum Gasteiger partial charge on any atom is -0.493 e. The molecule has 1 aromatic carbocycles. The van der Waals surface area contributed by atoms with Crippen molar-refractivity contribution in [2.75, 3.05) is 40.9 Å². The molecule has 0 unspecified atom stereocenters. The Morgan fingerprint density at radius 3 is 2.56 bits per heavy atom. The average molecular weight is 372 g/mol. The minimum atomic E-state index is -0.0517. The van der Waals surface area contributed by atoms with Crippen LogP contribution >= 0.6 is 0 Å². The van der Waals surface area contributed by atoms with Crippen LogP contribution in [0.5, 0.6) is 11.5 Å². The van der Waals surface area contributed by atoms with Crippen LogP contribution in [0.1, 0.15) is 19.8 Å². The van der Waals surface area contributed by atoms with Crippen molar-refractivity contribution in [2.45, 2.75) is 25.8 Å². The fraction of sp³-hybridized carbons (Fsp3) is 0.500. The van der Waals surface area contributed by atoms with Gasteiger partial charge in [-0.1, -0.05) is 6.92 Å². The Balaban J connectivity index is 1.72. The molecule has 0 aliphatic carbocycles. The number of carbonyl (C=O) groups is 1. The van der Waals surface area contributed by atoms with E-state index in [0.29, 0.717) is 11.5 Å². The van der Waals surface area contributed by atoms with Gasteiger partial charge in [0.05, 0.1) is 19.9 Å². The first kappa shape index (κ1) is 19.2. The molecule has 146 valence electrons. The highest BCUT2D eigenvalue weighted by molar-refractivity contribution is 5.78. The van der Waals surface area contributed by atoms with Gasteiger partial charge in [0.15, 0.2) is 11.5 Å². The largest absolute Gasteiger partial charge is 0.493 e. The quantitative estimate of drug-likeness (QED) is 0.808. The summed E-state index contributed by atoms with van der Waals surface area (Å²) < 4.78 is 12.2. The molecule has 1 aliphatic heterocycles. The fourth-order valence-corrected chi connectivity index (χ4v) is 3.53. The Kier molecular flexibility index (Phi) is 6.01. The van der Waals surface area contributed by atoms with Crippen molar-refractivity contribution in [3.63, 3.8) is 0 Å². The maximum Gasteiger partial charge on any atom is 0.329 e. The molecule has 0 saturated carbocycles. The van der Waals surface area contributed by atoms with Crippen LogP contribution in [0, 0.1) is 0 Å². The van der Waals surface area contributed by atoms with Crippen molar-refractivity contribution in [3.05, 3.63) is 30.7 Å². The predicted molar refractivity (Wildman–Crippen MR) is 104 cm³/mol. The van der Waals surface area contributed by atoms with Gasteiger partial charge in [-0.3, -0.25) is 4.57 Å². The first-order valence-corrected chi connectivity index (χ1v) is 9.33. The molecular weight excluding hydrogens is 344 g/mol. The molecule has 0 spiro atoms. The van der Waals surface area contributed by atoms with E-state index in [-0.39, 0.29) is 12.1 Å². The number of likely N-dealkylation sites (tertiary alicyclic amines) is 1. The van der Waals surface area contributed by atoms with E-state index in [1.54, 1.807) is 31.3 Å². The van der Waals surface area contributed by atoms with E-state index in [2.05, 4.69) is 16.8 Å². The Morgan fingerprint density at radius 2 is 1.93 bits per heavy atom. The molecule has 0 radical (unpaired) electrons. The van der Waals surface area contributed by atoms with Crippen molar-refractivity contribution in [2.24, 2.45) is 0 Å². The van der Waals surface area contributed by atoms with E-state index >= 15 is 0 Å². The van der Waals surface area contributed by atoms with E-state index in [9.17, 15) is 4.79 Å². The molecule has 0 bridgehead atoms. The number of rotatable bonds is 5. The van der Waals surface area contributed by atoms with Crippen LogP contribution < -0.4 is 9.47 Å². The topological polar surface area (TPSA) is 59.8 Å². The Labute approximate surface area is 160 Å². The number of hydrogen-bond donors (Lipinski definition) is 0. The zero-order valence-electron chi connectivity index (χ0n) is 16.5. The molecule has 2 heterocycles. The van der Waals surface area contributed by atoms with Crippen LogP contribution in [0.2, 0.25) is 0 Å². The monoisotopic (exact) mass is 372 g/mol. The number of nitrogens with zero attached hydrogens (tertiary/aromatic N) is 4. The number of ether oxygens (including phenoxy) is 2. The summed E-state index contributed by atoms with van der Waals surface area (Å²) in [4.78, 5) is 21.5. The second kappa shape index (κ2) is 8.43. The van der Waals surface area contributed by atoms with Crippen LogP contribution in [0.3, 0.4) is 0 Å². The molecule has 3 rings (SSSR count). The van der Waals surface area contributed by atoms with E-state index in [1.165, 1.54) is 0 Å². The third kappa shape index (κ3) is 4.08. The maximum atomic E-state index is 12.9. The van der Waals surface area contributed by atoms with Crippen LogP contribution in [0.4, 0.5) is 4.79 Å². The van der Waals surface area contributed by atoms with Gasteiger partial charge in [0.25, 0.3) is 0 Å². The van der Waals surface area contributed by atoms with Gasteiger partial charge in [-0.05, 0) is 37.6 Å². The number of aromatic nitrogens is 2. The lowest BCUT2D eigenvalue weighted by molar-refractivity contribution is 0.139. The third-order valence-electron chi connectivity index (χ3n) is 5.34. The molecule has 1 saturated heterocycles. The summed E-state index contributed by atoms with van der Waals surface area (Å²) in [5.74, 6) is 1.30.